The van der Waals surface area contributed by atoms with Gasteiger partial charge >= 0.3 is 6.03 Å². The van der Waals surface area contributed by atoms with Crippen LogP contribution in [-0.4, -0.2) is 55.2 Å². The first-order valence-electron chi connectivity index (χ1n) is 9.90. The van der Waals surface area contributed by atoms with Gasteiger partial charge in [0.05, 0.1) is 17.8 Å². The Morgan fingerprint density at radius 1 is 1.27 bits per heavy atom. The number of ether oxygens (including phenoxy) is 1. The number of anilines is 1. The molecule has 0 radical (unpaired) electrons. The maximum atomic E-state index is 13.6. The van der Waals surface area contributed by atoms with Crippen molar-refractivity contribution in [3.63, 3.8) is 0 Å². The van der Waals surface area contributed by atoms with Crippen molar-refractivity contribution in [2.45, 2.75) is 25.8 Å². The number of nitrogens with one attached hydrogen (secondary N) is 1. The molecule has 1 fully saturated rings. The average molecular weight is 436 g/mol. The van der Waals surface area contributed by atoms with Crippen molar-refractivity contribution < 1.29 is 19.0 Å². The number of hydrogen-bond donors (Lipinski definition) is 2. The van der Waals surface area contributed by atoms with Crippen LogP contribution in [-0.2, 0) is 6.54 Å². The summed E-state index contributed by atoms with van der Waals surface area (Å²) in [5.74, 6) is -0.377. The van der Waals surface area contributed by atoms with Gasteiger partial charge in [-0.15, -0.1) is 0 Å². The number of urea groups is 1. The molecule has 1 heterocycles. The molecule has 3 rings (SSSR count). The quantitative estimate of drug-likeness (QED) is 0.653. The van der Waals surface area contributed by atoms with Gasteiger partial charge in [0.15, 0.2) is 11.5 Å². The lowest BCUT2D eigenvalue weighted by Crippen LogP contribution is -2.39. The zero-order chi connectivity index (χ0) is 21.8. The average Bonchev–Trinajstić information content (AvgIpc) is 2.72. The molecule has 0 unspecified atom stereocenters. The molecule has 30 heavy (non-hydrogen) atoms. The van der Waals surface area contributed by atoms with Crippen LogP contribution in [0.1, 0.15) is 24.8 Å². The number of nitrogens with zero attached hydrogens (tertiary/aromatic N) is 2. The Hall–Kier alpha value is -2.51. The molecule has 162 valence electrons. The summed E-state index contributed by atoms with van der Waals surface area (Å²) in [5, 5.41) is 13.8. The molecule has 0 aliphatic carbocycles. The van der Waals surface area contributed by atoms with Crippen molar-refractivity contribution in [1.82, 2.24) is 9.80 Å². The largest absolute Gasteiger partial charge is 0.504 e. The molecular weight excluding hydrogens is 409 g/mol. The summed E-state index contributed by atoms with van der Waals surface area (Å²) in [4.78, 5) is 16.6. The molecule has 0 spiro atoms. The maximum Gasteiger partial charge on any atom is 0.321 e. The number of benzene rings is 2. The molecule has 1 saturated heterocycles. The number of phenols is 1. The predicted molar refractivity (Wildman–Crippen MR) is 117 cm³/mol. The van der Waals surface area contributed by atoms with Crippen molar-refractivity contribution in [2.75, 3.05) is 39.6 Å². The van der Waals surface area contributed by atoms with E-state index >= 15 is 0 Å². The summed E-state index contributed by atoms with van der Waals surface area (Å²) >= 11 is 5.94. The highest BCUT2D eigenvalue weighted by atomic mass is 35.5. The fourth-order valence-electron chi connectivity index (χ4n) is 3.67. The van der Waals surface area contributed by atoms with E-state index in [2.05, 4.69) is 5.32 Å². The minimum absolute atomic E-state index is 0.0536. The number of hydrogen-bond acceptors (Lipinski definition) is 4. The number of aromatic hydroxyl groups is 1. The third kappa shape index (κ3) is 4.79. The van der Waals surface area contributed by atoms with Gasteiger partial charge in [0, 0.05) is 30.8 Å². The van der Waals surface area contributed by atoms with Gasteiger partial charge in [0.25, 0.3) is 0 Å². The van der Waals surface area contributed by atoms with Gasteiger partial charge in [0.2, 0.25) is 0 Å². The molecule has 0 aromatic heterocycles. The van der Waals surface area contributed by atoms with Crippen LogP contribution in [0.3, 0.4) is 0 Å². The lowest BCUT2D eigenvalue weighted by atomic mass is 9.99. The van der Waals surface area contributed by atoms with E-state index in [-0.39, 0.29) is 22.6 Å². The number of rotatable bonds is 5. The summed E-state index contributed by atoms with van der Waals surface area (Å²) in [6.45, 7) is 1.87. The van der Waals surface area contributed by atoms with Crippen LogP contribution in [0.5, 0.6) is 11.5 Å². The number of phenolic OH excluding ortho intramolecular Hbond substituents is 1. The van der Waals surface area contributed by atoms with E-state index in [1.807, 2.05) is 19.0 Å². The van der Waals surface area contributed by atoms with Crippen LogP contribution in [0.4, 0.5) is 14.9 Å². The molecule has 1 aliphatic rings. The van der Waals surface area contributed by atoms with Crippen molar-refractivity contribution in [1.29, 1.82) is 0 Å². The summed E-state index contributed by atoms with van der Waals surface area (Å²) in [6.07, 6.45) is 3.09. The van der Waals surface area contributed by atoms with Crippen LogP contribution in [0, 0.1) is 5.82 Å². The fraction of sp³-hybridized carbons (Fsp3) is 0.409. The topological polar surface area (TPSA) is 65.0 Å². The Labute approximate surface area is 181 Å². The minimum Gasteiger partial charge on any atom is -0.504 e. The second kappa shape index (κ2) is 9.53. The number of amides is 2. The molecule has 0 atom stereocenters. The van der Waals surface area contributed by atoms with Crippen LogP contribution in [0.15, 0.2) is 24.3 Å². The molecule has 0 bridgehead atoms. The highest BCUT2D eigenvalue weighted by Crippen LogP contribution is 2.44. The lowest BCUT2D eigenvalue weighted by Gasteiger charge is -2.28. The molecule has 8 heteroatoms. The van der Waals surface area contributed by atoms with Crippen molar-refractivity contribution in [3.8, 4) is 22.6 Å². The van der Waals surface area contributed by atoms with Gasteiger partial charge in [-0.3, -0.25) is 0 Å². The summed E-state index contributed by atoms with van der Waals surface area (Å²) < 4.78 is 19.2. The Balaban J connectivity index is 2.09. The number of halogens is 2. The SMILES string of the molecule is COc1c(O)c(-c2ccc(F)c(Cl)c2)cc(NC(=O)N2CCCCC2)c1CN(C)C. The standard InChI is InChI=1S/C22H27ClFN3O3/c1-26(2)13-16-19(25-22(29)27-9-5-4-6-10-27)12-15(20(28)21(16)30-3)14-7-8-18(24)17(23)11-14/h7-8,11-12,28H,4-6,9-10,13H2,1-3H3,(H,25,29). The van der Waals surface area contributed by atoms with Crippen LogP contribution in [0.2, 0.25) is 5.02 Å². The minimum atomic E-state index is -0.547. The first kappa shape index (κ1) is 22.2. The Bertz CT molecular complexity index is 930. The molecular formula is C22H27ClFN3O3. The molecule has 2 aromatic rings. The first-order chi connectivity index (χ1) is 14.3. The maximum absolute atomic E-state index is 13.6. The second-order valence-electron chi connectivity index (χ2n) is 7.68. The third-order valence-electron chi connectivity index (χ3n) is 5.15. The zero-order valence-corrected chi connectivity index (χ0v) is 18.2. The van der Waals surface area contributed by atoms with Crippen LogP contribution < -0.4 is 10.1 Å². The van der Waals surface area contributed by atoms with Gasteiger partial charge in [0.1, 0.15) is 5.82 Å². The monoisotopic (exact) mass is 435 g/mol. The van der Waals surface area contributed by atoms with Gasteiger partial charge in [-0.1, -0.05) is 17.7 Å². The number of carbonyl (C=O) groups excluding carboxylic acids is 1. The number of piperidine rings is 1. The van der Waals surface area contributed by atoms with E-state index in [1.165, 1.54) is 25.3 Å². The van der Waals surface area contributed by atoms with E-state index in [0.717, 1.165) is 19.3 Å². The van der Waals surface area contributed by atoms with Gasteiger partial charge in [-0.2, -0.15) is 0 Å². The number of likely N-dealkylation sites (tertiary alicyclic amines) is 1. The van der Waals surface area contributed by atoms with Gasteiger partial charge in [-0.05, 0) is 57.1 Å². The van der Waals surface area contributed by atoms with Crippen LogP contribution >= 0.6 is 11.6 Å². The van der Waals surface area contributed by atoms with E-state index < -0.39 is 5.82 Å². The predicted octanol–water partition coefficient (Wildman–Crippen LogP) is 4.94. The Kier molecular flexibility index (Phi) is 7.05. The molecule has 2 amide bonds. The smallest absolute Gasteiger partial charge is 0.321 e. The summed E-state index contributed by atoms with van der Waals surface area (Å²) in [7, 11) is 5.24. The van der Waals surface area contributed by atoms with Gasteiger partial charge in [-0.25, -0.2) is 9.18 Å². The highest BCUT2D eigenvalue weighted by Gasteiger charge is 2.24. The van der Waals surface area contributed by atoms with Gasteiger partial charge < -0.3 is 25.0 Å². The van der Waals surface area contributed by atoms with E-state index in [9.17, 15) is 14.3 Å². The Morgan fingerprint density at radius 2 is 1.97 bits per heavy atom. The third-order valence-corrected chi connectivity index (χ3v) is 5.44. The lowest BCUT2D eigenvalue weighted by molar-refractivity contribution is 0.200. The molecule has 2 aromatic carbocycles. The zero-order valence-electron chi connectivity index (χ0n) is 17.5. The second-order valence-corrected chi connectivity index (χ2v) is 8.08. The van der Waals surface area contributed by atoms with Crippen LogP contribution in [0.25, 0.3) is 11.1 Å². The van der Waals surface area contributed by atoms with E-state index in [1.54, 1.807) is 11.0 Å². The van der Waals surface area contributed by atoms with Crippen molar-refractivity contribution >= 4 is 23.3 Å². The number of carbonyl (C=O) groups is 1. The molecule has 1 aliphatic heterocycles. The summed E-state index contributed by atoms with van der Waals surface area (Å²) in [6, 6.07) is 5.70. The molecule has 6 nitrogen and oxygen atoms in total. The normalized spacial score (nSPS) is 14.1. The first-order valence-corrected chi connectivity index (χ1v) is 10.3. The molecule has 0 saturated carbocycles. The van der Waals surface area contributed by atoms with Crippen molar-refractivity contribution in [2.24, 2.45) is 0 Å². The molecule has 2 N–H and O–H groups in total. The van der Waals surface area contributed by atoms with Crippen molar-refractivity contribution in [3.05, 3.63) is 40.7 Å². The number of methoxy groups -OCH3 is 1. The van der Waals surface area contributed by atoms with E-state index in [0.29, 0.717) is 42.0 Å². The fourth-order valence-corrected chi connectivity index (χ4v) is 3.85. The summed E-state index contributed by atoms with van der Waals surface area (Å²) in [5.41, 5.74) is 2.10. The Morgan fingerprint density at radius 3 is 2.57 bits per heavy atom. The van der Waals surface area contributed by atoms with E-state index in [4.69, 9.17) is 16.3 Å². The highest BCUT2D eigenvalue weighted by molar-refractivity contribution is 6.31.